The van der Waals surface area contributed by atoms with Gasteiger partial charge in [0.2, 0.25) is 0 Å². The van der Waals surface area contributed by atoms with Crippen molar-refractivity contribution >= 4 is 33.3 Å². The van der Waals surface area contributed by atoms with Crippen molar-refractivity contribution in [3.63, 3.8) is 0 Å². The highest BCUT2D eigenvalue weighted by Gasteiger charge is 2.26. The van der Waals surface area contributed by atoms with E-state index in [0.29, 0.717) is 13.1 Å². The van der Waals surface area contributed by atoms with Crippen molar-refractivity contribution < 1.29 is 9.53 Å². The minimum Gasteiger partial charge on any atom is -0.444 e. The molecular formula is C16H21N3O2S. The lowest BCUT2D eigenvalue weighted by Crippen LogP contribution is -2.50. The number of fused-ring (bicyclic) bond motifs is 1. The van der Waals surface area contributed by atoms with Gasteiger partial charge in [0.05, 0.1) is 0 Å². The minimum absolute atomic E-state index is 0.228. The van der Waals surface area contributed by atoms with Crippen LogP contribution in [0.3, 0.4) is 0 Å². The molecule has 6 heteroatoms. The van der Waals surface area contributed by atoms with Gasteiger partial charge in [-0.25, -0.2) is 9.78 Å². The number of rotatable bonds is 1. The molecular weight excluding hydrogens is 298 g/mol. The molecule has 1 aliphatic rings. The summed E-state index contributed by atoms with van der Waals surface area (Å²) in [5.41, 5.74) is -0.444. The summed E-state index contributed by atoms with van der Waals surface area (Å²) in [6.45, 7) is 8.56. The van der Waals surface area contributed by atoms with Crippen LogP contribution in [-0.4, -0.2) is 47.8 Å². The van der Waals surface area contributed by atoms with Crippen molar-refractivity contribution in [1.29, 1.82) is 0 Å². The van der Waals surface area contributed by atoms with Crippen LogP contribution >= 0.6 is 11.3 Å². The number of anilines is 1. The Hall–Kier alpha value is -1.82. The number of ether oxygens (including phenoxy) is 1. The second kappa shape index (κ2) is 5.76. The smallest absolute Gasteiger partial charge is 0.410 e. The number of hydrogen-bond donors (Lipinski definition) is 0. The van der Waals surface area contributed by atoms with E-state index in [1.807, 2.05) is 27.0 Å². The molecule has 2 aromatic heterocycles. The van der Waals surface area contributed by atoms with Crippen LogP contribution in [0.5, 0.6) is 0 Å². The Kier molecular flexibility index (Phi) is 3.95. The van der Waals surface area contributed by atoms with Crippen LogP contribution in [0, 0.1) is 0 Å². The zero-order valence-corrected chi connectivity index (χ0v) is 14.0. The first-order valence-electron chi connectivity index (χ1n) is 7.48. The third-order valence-electron chi connectivity index (χ3n) is 3.58. The first-order chi connectivity index (χ1) is 10.4. The number of pyridine rings is 1. The molecule has 0 saturated carbocycles. The highest BCUT2D eigenvalue weighted by atomic mass is 32.1. The normalized spacial score (nSPS) is 16.1. The van der Waals surface area contributed by atoms with Gasteiger partial charge in [0.25, 0.3) is 0 Å². The molecule has 3 rings (SSSR count). The standard InChI is InChI=1S/C16H21N3O2S/c1-16(2,3)21-15(20)19-7-5-18(6-8-19)14-10-13-12(11-17-14)4-9-22-13/h4,9-11H,5-8H2,1-3H3. The van der Waals surface area contributed by atoms with Crippen LogP contribution in [-0.2, 0) is 4.74 Å². The van der Waals surface area contributed by atoms with E-state index in [4.69, 9.17) is 4.74 Å². The van der Waals surface area contributed by atoms with Crippen LogP contribution in [0.2, 0.25) is 0 Å². The Bertz CT molecular complexity index is 669. The van der Waals surface area contributed by atoms with E-state index in [1.54, 1.807) is 16.2 Å². The van der Waals surface area contributed by atoms with E-state index in [-0.39, 0.29) is 6.09 Å². The van der Waals surface area contributed by atoms with Gasteiger partial charge < -0.3 is 14.5 Å². The fourth-order valence-corrected chi connectivity index (χ4v) is 3.25. The number of aromatic nitrogens is 1. The zero-order chi connectivity index (χ0) is 15.7. The third-order valence-corrected chi connectivity index (χ3v) is 4.46. The summed E-state index contributed by atoms with van der Waals surface area (Å²) in [7, 11) is 0. The predicted molar refractivity (Wildman–Crippen MR) is 89.6 cm³/mol. The van der Waals surface area contributed by atoms with E-state index in [2.05, 4.69) is 27.4 Å². The largest absolute Gasteiger partial charge is 0.444 e. The lowest BCUT2D eigenvalue weighted by molar-refractivity contribution is 0.0240. The second-order valence-electron chi connectivity index (χ2n) is 6.46. The Morgan fingerprint density at radius 1 is 1.27 bits per heavy atom. The Morgan fingerprint density at radius 3 is 2.68 bits per heavy atom. The number of hydrogen-bond acceptors (Lipinski definition) is 5. The molecule has 0 aromatic carbocycles. The van der Waals surface area contributed by atoms with Gasteiger partial charge in [-0.3, -0.25) is 0 Å². The fourth-order valence-electron chi connectivity index (χ4n) is 2.46. The number of piperazine rings is 1. The molecule has 1 amide bonds. The molecule has 5 nitrogen and oxygen atoms in total. The van der Waals surface area contributed by atoms with Gasteiger partial charge in [0, 0.05) is 42.5 Å². The Balaban J connectivity index is 1.62. The second-order valence-corrected chi connectivity index (χ2v) is 7.40. The van der Waals surface area contributed by atoms with Crippen LogP contribution in [0.25, 0.3) is 10.1 Å². The molecule has 0 N–H and O–H groups in total. The quantitative estimate of drug-likeness (QED) is 0.808. The molecule has 0 aliphatic carbocycles. The van der Waals surface area contributed by atoms with Crippen molar-refractivity contribution in [2.45, 2.75) is 26.4 Å². The van der Waals surface area contributed by atoms with Crippen molar-refractivity contribution in [3.05, 3.63) is 23.7 Å². The Morgan fingerprint density at radius 2 is 2.00 bits per heavy atom. The third kappa shape index (κ3) is 3.32. The van der Waals surface area contributed by atoms with Gasteiger partial charge in [-0.15, -0.1) is 11.3 Å². The molecule has 0 radical (unpaired) electrons. The minimum atomic E-state index is -0.444. The number of nitrogens with zero attached hydrogens (tertiary/aromatic N) is 3. The topological polar surface area (TPSA) is 45.7 Å². The van der Waals surface area contributed by atoms with Gasteiger partial charge in [0.1, 0.15) is 11.4 Å². The molecule has 0 spiro atoms. The average molecular weight is 319 g/mol. The Labute approximate surface area is 134 Å². The monoisotopic (exact) mass is 319 g/mol. The number of amides is 1. The van der Waals surface area contributed by atoms with Crippen molar-refractivity contribution in [2.75, 3.05) is 31.1 Å². The van der Waals surface area contributed by atoms with Crippen molar-refractivity contribution in [3.8, 4) is 0 Å². The highest BCUT2D eigenvalue weighted by Crippen LogP contribution is 2.25. The van der Waals surface area contributed by atoms with E-state index in [0.717, 1.165) is 18.9 Å². The van der Waals surface area contributed by atoms with Crippen molar-refractivity contribution in [1.82, 2.24) is 9.88 Å². The molecule has 3 heterocycles. The summed E-state index contributed by atoms with van der Waals surface area (Å²) in [6.07, 6.45) is 1.69. The molecule has 0 unspecified atom stereocenters. The maximum atomic E-state index is 12.1. The van der Waals surface area contributed by atoms with E-state index in [9.17, 15) is 4.79 Å². The zero-order valence-electron chi connectivity index (χ0n) is 13.2. The lowest BCUT2D eigenvalue weighted by Gasteiger charge is -2.36. The molecule has 2 aromatic rings. The first kappa shape index (κ1) is 15.1. The molecule has 0 bridgehead atoms. The maximum absolute atomic E-state index is 12.1. The summed E-state index contributed by atoms with van der Waals surface area (Å²) in [5, 5.41) is 3.26. The van der Waals surface area contributed by atoms with Crippen molar-refractivity contribution in [2.24, 2.45) is 0 Å². The van der Waals surface area contributed by atoms with Gasteiger partial charge in [-0.2, -0.15) is 0 Å². The number of carbonyl (C=O) groups is 1. The molecule has 0 atom stereocenters. The van der Waals surface area contributed by atoms with E-state index < -0.39 is 5.60 Å². The summed E-state index contributed by atoms with van der Waals surface area (Å²) >= 11 is 1.73. The summed E-state index contributed by atoms with van der Waals surface area (Å²) < 4.78 is 6.67. The summed E-state index contributed by atoms with van der Waals surface area (Å²) in [6, 6.07) is 4.21. The van der Waals surface area contributed by atoms with Gasteiger partial charge in [-0.1, -0.05) is 0 Å². The van der Waals surface area contributed by atoms with Crippen LogP contribution in [0.4, 0.5) is 10.6 Å². The molecule has 118 valence electrons. The average Bonchev–Trinajstić information content (AvgIpc) is 2.93. The van der Waals surface area contributed by atoms with Gasteiger partial charge in [-0.05, 0) is 38.3 Å². The summed E-state index contributed by atoms with van der Waals surface area (Å²) in [4.78, 5) is 20.6. The molecule has 22 heavy (non-hydrogen) atoms. The molecule has 1 fully saturated rings. The first-order valence-corrected chi connectivity index (χ1v) is 8.36. The molecule has 1 saturated heterocycles. The predicted octanol–water partition coefficient (Wildman–Crippen LogP) is 3.35. The lowest BCUT2D eigenvalue weighted by atomic mass is 10.2. The number of thiophene rings is 1. The van der Waals surface area contributed by atoms with Gasteiger partial charge in [0.15, 0.2) is 0 Å². The number of carbonyl (C=O) groups excluding carboxylic acids is 1. The van der Waals surface area contributed by atoms with Crippen LogP contribution in [0.15, 0.2) is 23.7 Å². The van der Waals surface area contributed by atoms with E-state index in [1.165, 1.54) is 10.1 Å². The van der Waals surface area contributed by atoms with E-state index >= 15 is 0 Å². The van der Waals surface area contributed by atoms with Crippen LogP contribution < -0.4 is 4.90 Å². The van der Waals surface area contributed by atoms with Crippen LogP contribution in [0.1, 0.15) is 20.8 Å². The SMILES string of the molecule is CC(C)(C)OC(=O)N1CCN(c2cc3sccc3cn2)CC1. The maximum Gasteiger partial charge on any atom is 0.410 e. The highest BCUT2D eigenvalue weighted by molar-refractivity contribution is 7.17. The summed E-state index contributed by atoms with van der Waals surface area (Å²) in [5.74, 6) is 0.985. The van der Waals surface area contributed by atoms with Gasteiger partial charge >= 0.3 is 6.09 Å². The molecule has 1 aliphatic heterocycles. The fraction of sp³-hybridized carbons (Fsp3) is 0.500.